The van der Waals surface area contributed by atoms with Gasteiger partial charge in [0.05, 0.1) is 0 Å². The molecule has 26 heavy (non-hydrogen) atoms. The van der Waals surface area contributed by atoms with Crippen molar-refractivity contribution < 1.29 is 0 Å². The van der Waals surface area contributed by atoms with E-state index in [1.165, 1.54) is 22.2 Å². The highest BCUT2D eigenvalue weighted by Crippen LogP contribution is 2.28. The minimum atomic E-state index is 0.843. The van der Waals surface area contributed by atoms with Crippen molar-refractivity contribution in [1.29, 1.82) is 0 Å². The van der Waals surface area contributed by atoms with Gasteiger partial charge in [0.1, 0.15) is 6.33 Å². The van der Waals surface area contributed by atoms with Crippen LogP contribution in [0, 0.1) is 0 Å². The molecule has 2 aromatic carbocycles. The average Bonchev–Trinajstić information content (AvgIpc) is 3.28. The van der Waals surface area contributed by atoms with Gasteiger partial charge in [-0.3, -0.25) is 4.57 Å². The van der Waals surface area contributed by atoms with Gasteiger partial charge in [-0.2, -0.15) is 0 Å². The van der Waals surface area contributed by atoms with Crippen LogP contribution in [0.1, 0.15) is 12.5 Å². The standard InChI is InChI=1S/C20H21N5S/c1-3-21-18-7-5-4-6-16(18)13-26-20-23-22-14-25(20)17-8-9-19-15(12-17)10-11-24(19)2/h4-12,14,21H,3,13H2,1-2H3. The minimum absolute atomic E-state index is 0.843. The van der Waals surface area contributed by atoms with Gasteiger partial charge in [0.2, 0.25) is 0 Å². The summed E-state index contributed by atoms with van der Waals surface area (Å²) in [6, 6.07) is 17.0. The molecular weight excluding hydrogens is 342 g/mol. The lowest BCUT2D eigenvalue weighted by Gasteiger charge is -2.11. The molecule has 0 saturated heterocycles. The second kappa shape index (κ2) is 7.25. The maximum absolute atomic E-state index is 4.32. The Labute approximate surface area is 157 Å². The monoisotopic (exact) mass is 363 g/mol. The molecule has 6 heteroatoms. The Morgan fingerprint density at radius 3 is 2.88 bits per heavy atom. The number of hydrogen-bond acceptors (Lipinski definition) is 4. The lowest BCUT2D eigenvalue weighted by molar-refractivity contribution is 0.884. The molecule has 0 radical (unpaired) electrons. The lowest BCUT2D eigenvalue weighted by atomic mass is 10.2. The van der Waals surface area contributed by atoms with E-state index in [-0.39, 0.29) is 0 Å². The molecule has 4 rings (SSSR count). The summed E-state index contributed by atoms with van der Waals surface area (Å²) in [6.45, 7) is 3.02. The van der Waals surface area contributed by atoms with Crippen molar-refractivity contribution >= 4 is 28.4 Å². The molecule has 0 fully saturated rings. The molecule has 0 saturated carbocycles. The number of nitrogens with one attached hydrogen (secondary N) is 1. The van der Waals surface area contributed by atoms with E-state index in [1.807, 2.05) is 4.57 Å². The number of aromatic nitrogens is 4. The van der Waals surface area contributed by atoms with E-state index < -0.39 is 0 Å². The van der Waals surface area contributed by atoms with Crippen molar-refractivity contribution in [2.24, 2.45) is 7.05 Å². The second-order valence-corrected chi connectivity index (χ2v) is 7.07. The molecule has 0 unspecified atom stereocenters. The van der Waals surface area contributed by atoms with Gasteiger partial charge in [0.15, 0.2) is 5.16 Å². The number of anilines is 1. The summed E-state index contributed by atoms with van der Waals surface area (Å²) in [6.07, 6.45) is 3.86. The lowest BCUT2D eigenvalue weighted by Crippen LogP contribution is -2.00. The average molecular weight is 363 g/mol. The van der Waals surface area contributed by atoms with Gasteiger partial charge < -0.3 is 9.88 Å². The van der Waals surface area contributed by atoms with Crippen molar-refractivity contribution in [2.75, 3.05) is 11.9 Å². The van der Waals surface area contributed by atoms with E-state index in [2.05, 4.69) is 88.8 Å². The van der Waals surface area contributed by atoms with Crippen LogP contribution in [0.15, 0.2) is 66.2 Å². The van der Waals surface area contributed by atoms with E-state index in [4.69, 9.17) is 0 Å². The highest BCUT2D eigenvalue weighted by Gasteiger charge is 2.10. The molecule has 2 heterocycles. The van der Waals surface area contributed by atoms with Gasteiger partial charge in [-0.25, -0.2) is 0 Å². The van der Waals surface area contributed by atoms with E-state index in [9.17, 15) is 0 Å². The first-order valence-corrected chi connectivity index (χ1v) is 9.65. The molecule has 0 aliphatic rings. The maximum atomic E-state index is 4.32. The van der Waals surface area contributed by atoms with Gasteiger partial charge in [-0.15, -0.1) is 10.2 Å². The van der Waals surface area contributed by atoms with Gasteiger partial charge >= 0.3 is 0 Å². The Bertz CT molecular complexity index is 1030. The number of para-hydroxylation sites is 1. The van der Waals surface area contributed by atoms with Crippen molar-refractivity contribution in [1.82, 2.24) is 19.3 Å². The van der Waals surface area contributed by atoms with Crippen molar-refractivity contribution in [3.8, 4) is 5.69 Å². The van der Waals surface area contributed by atoms with Crippen LogP contribution >= 0.6 is 11.8 Å². The predicted molar refractivity (Wildman–Crippen MR) is 108 cm³/mol. The molecule has 0 amide bonds. The third kappa shape index (κ3) is 3.20. The van der Waals surface area contributed by atoms with Gasteiger partial charge in [0, 0.05) is 47.8 Å². The summed E-state index contributed by atoms with van der Waals surface area (Å²) in [7, 11) is 2.06. The number of rotatable bonds is 6. The largest absolute Gasteiger partial charge is 0.385 e. The summed E-state index contributed by atoms with van der Waals surface area (Å²) >= 11 is 1.70. The Morgan fingerprint density at radius 1 is 1.12 bits per heavy atom. The molecule has 5 nitrogen and oxygen atoms in total. The molecular formula is C20H21N5S. The summed E-state index contributed by atoms with van der Waals surface area (Å²) in [4.78, 5) is 0. The molecule has 0 bridgehead atoms. The number of nitrogens with zero attached hydrogens (tertiary/aromatic N) is 4. The molecule has 4 aromatic rings. The zero-order chi connectivity index (χ0) is 17.9. The van der Waals surface area contributed by atoms with Crippen LogP contribution in [0.3, 0.4) is 0 Å². The first-order valence-electron chi connectivity index (χ1n) is 8.66. The highest BCUT2D eigenvalue weighted by molar-refractivity contribution is 7.98. The zero-order valence-corrected chi connectivity index (χ0v) is 15.7. The highest BCUT2D eigenvalue weighted by atomic mass is 32.2. The fraction of sp³-hybridized carbons (Fsp3) is 0.200. The van der Waals surface area contributed by atoms with E-state index in [0.717, 1.165) is 23.1 Å². The number of benzene rings is 2. The number of fused-ring (bicyclic) bond motifs is 1. The Balaban J connectivity index is 1.59. The van der Waals surface area contributed by atoms with Crippen molar-refractivity contribution in [3.63, 3.8) is 0 Å². The summed E-state index contributed by atoms with van der Waals surface area (Å²) in [5.41, 5.74) is 4.75. The van der Waals surface area contributed by atoms with Crippen molar-refractivity contribution in [3.05, 3.63) is 66.6 Å². The second-order valence-electron chi connectivity index (χ2n) is 6.13. The Kier molecular flexibility index (Phi) is 4.67. The normalized spacial score (nSPS) is 11.2. The molecule has 0 aliphatic heterocycles. The van der Waals surface area contributed by atoms with E-state index in [0.29, 0.717) is 0 Å². The van der Waals surface area contributed by atoms with E-state index >= 15 is 0 Å². The summed E-state index contributed by atoms with van der Waals surface area (Å²) < 4.78 is 4.17. The molecule has 0 aliphatic carbocycles. The molecule has 1 N–H and O–H groups in total. The molecule has 132 valence electrons. The van der Waals surface area contributed by atoms with Crippen LogP contribution in [0.25, 0.3) is 16.6 Å². The van der Waals surface area contributed by atoms with Crippen LogP contribution in [-0.2, 0) is 12.8 Å². The molecule has 2 aromatic heterocycles. The Hall–Kier alpha value is -2.73. The minimum Gasteiger partial charge on any atom is -0.385 e. The first-order chi connectivity index (χ1) is 12.8. The summed E-state index contributed by atoms with van der Waals surface area (Å²) in [5, 5.41) is 14.0. The summed E-state index contributed by atoms with van der Waals surface area (Å²) in [5.74, 6) is 0.843. The van der Waals surface area contributed by atoms with Gasteiger partial charge in [-0.05, 0) is 42.8 Å². The van der Waals surface area contributed by atoms with Crippen LogP contribution in [0.2, 0.25) is 0 Å². The number of aryl methyl sites for hydroxylation is 1. The third-order valence-corrected chi connectivity index (χ3v) is 5.40. The number of hydrogen-bond donors (Lipinski definition) is 1. The smallest absolute Gasteiger partial charge is 0.195 e. The molecule has 0 atom stereocenters. The van der Waals surface area contributed by atoms with Crippen LogP contribution in [0.4, 0.5) is 5.69 Å². The SMILES string of the molecule is CCNc1ccccc1CSc1nncn1-c1ccc2c(ccn2C)c1. The van der Waals surface area contributed by atoms with Crippen LogP contribution < -0.4 is 5.32 Å². The number of thioether (sulfide) groups is 1. The predicted octanol–water partition coefficient (Wildman–Crippen LogP) is 4.48. The fourth-order valence-electron chi connectivity index (χ4n) is 3.07. The van der Waals surface area contributed by atoms with Gasteiger partial charge in [0.25, 0.3) is 0 Å². The van der Waals surface area contributed by atoms with Crippen molar-refractivity contribution in [2.45, 2.75) is 17.8 Å². The van der Waals surface area contributed by atoms with Crippen LogP contribution in [-0.4, -0.2) is 25.9 Å². The third-order valence-electron chi connectivity index (χ3n) is 4.40. The van der Waals surface area contributed by atoms with E-state index in [1.54, 1.807) is 18.1 Å². The Morgan fingerprint density at radius 2 is 2.00 bits per heavy atom. The first kappa shape index (κ1) is 16.7. The topological polar surface area (TPSA) is 47.7 Å². The molecule has 0 spiro atoms. The quantitative estimate of drug-likeness (QED) is 0.513. The maximum Gasteiger partial charge on any atom is 0.195 e. The fourth-order valence-corrected chi connectivity index (χ4v) is 4.00. The van der Waals surface area contributed by atoms with Gasteiger partial charge in [-0.1, -0.05) is 30.0 Å². The van der Waals surface area contributed by atoms with Crippen LogP contribution in [0.5, 0.6) is 0 Å². The zero-order valence-electron chi connectivity index (χ0n) is 14.9.